The number of hydrogen-bond acceptors (Lipinski definition) is 1. The van der Waals surface area contributed by atoms with Gasteiger partial charge >= 0.3 is 0 Å². The van der Waals surface area contributed by atoms with Crippen molar-refractivity contribution in [3.63, 3.8) is 0 Å². The fourth-order valence-electron chi connectivity index (χ4n) is 4.20. The van der Waals surface area contributed by atoms with E-state index in [1.54, 1.807) is 0 Å². The molecule has 0 amide bonds. The van der Waals surface area contributed by atoms with Crippen LogP contribution < -0.4 is 10.4 Å². The molecule has 1 aromatic rings. The molecule has 0 saturated carbocycles. The van der Waals surface area contributed by atoms with Crippen molar-refractivity contribution in [3.8, 4) is 0 Å². The van der Waals surface area contributed by atoms with Crippen LogP contribution in [0.4, 0.5) is 0 Å². The Morgan fingerprint density at radius 2 is 2.04 bits per heavy atom. The van der Waals surface area contributed by atoms with Crippen LogP contribution in [0.1, 0.15) is 38.3 Å². The predicted molar refractivity (Wildman–Crippen MR) is 106 cm³/mol. The number of allylic oxidation sites excluding steroid dienone is 5. The molecule has 0 spiro atoms. The highest BCUT2D eigenvalue weighted by molar-refractivity contribution is 9.11. The lowest BCUT2D eigenvalue weighted by Gasteiger charge is -2.30. The van der Waals surface area contributed by atoms with Gasteiger partial charge in [0.2, 0.25) is 0 Å². The zero-order valence-electron chi connectivity index (χ0n) is 14.0. The highest BCUT2D eigenvalue weighted by Crippen LogP contribution is 2.45. The molecule has 2 heteroatoms. The summed E-state index contributed by atoms with van der Waals surface area (Å²) < 4.78 is 0.405. The first-order chi connectivity index (χ1) is 10.9. The summed E-state index contributed by atoms with van der Waals surface area (Å²) in [7, 11) is 0. The van der Waals surface area contributed by atoms with Gasteiger partial charge < -0.3 is 0 Å². The molecule has 1 aromatic carbocycles. The Labute approximate surface area is 150 Å². The van der Waals surface area contributed by atoms with Gasteiger partial charge in [-0.25, -0.2) is 0 Å². The fourth-order valence-corrected chi connectivity index (χ4v) is 6.05. The van der Waals surface area contributed by atoms with E-state index in [1.807, 2.05) is 11.8 Å². The van der Waals surface area contributed by atoms with Crippen molar-refractivity contribution in [2.24, 2.45) is 5.41 Å². The second kappa shape index (κ2) is 5.26. The SMILES string of the molecule is CC1=Cc2c(C)c3c(cc2=C1C(C)(C)C1=CC=CC1)SC(Br)C=3. The quantitative estimate of drug-likeness (QED) is 0.640. The van der Waals surface area contributed by atoms with Gasteiger partial charge in [0.05, 0.1) is 4.16 Å². The number of benzene rings is 1. The lowest BCUT2D eigenvalue weighted by atomic mass is 9.74. The molecule has 3 aliphatic rings. The Kier molecular flexibility index (Phi) is 3.55. The third-order valence-electron chi connectivity index (χ3n) is 5.40. The van der Waals surface area contributed by atoms with Gasteiger partial charge in [0, 0.05) is 10.3 Å². The van der Waals surface area contributed by atoms with Gasteiger partial charge in [-0.2, -0.15) is 0 Å². The zero-order chi connectivity index (χ0) is 16.4. The first kappa shape index (κ1) is 15.5. The first-order valence-corrected chi connectivity index (χ1v) is 9.95. The van der Waals surface area contributed by atoms with E-state index in [-0.39, 0.29) is 5.41 Å². The number of rotatable bonds is 2. The van der Waals surface area contributed by atoms with E-state index in [0.29, 0.717) is 4.16 Å². The minimum Gasteiger partial charge on any atom is -0.106 e. The van der Waals surface area contributed by atoms with Crippen LogP contribution in [0.5, 0.6) is 0 Å². The van der Waals surface area contributed by atoms with E-state index in [0.717, 1.165) is 6.42 Å². The number of hydrogen-bond donors (Lipinski definition) is 0. The number of alkyl halides is 1. The molecule has 1 aliphatic heterocycles. The molecule has 23 heavy (non-hydrogen) atoms. The summed E-state index contributed by atoms with van der Waals surface area (Å²) in [6.07, 6.45) is 12.6. The third-order valence-corrected chi connectivity index (χ3v) is 7.18. The lowest BCUT2D eigenvalue weighted by Crippen LogP contribution is -2.25. The van der Waals surface area contributed by atoms with Crippen molar-refractivity contribution < 1.29 is 0 Å². The summed E-state index contributed by atoms with van der Waals surface area (Å²) in [6.45, 7) is 9.30. The Hall–Kier alpha value is -0.990. The predicted octanol–water partition coefficient (Wildman–Crippen LogP) is 5.08. The van der Waals surface area contributed by atoms with Crippen molar-refractivity contribution in [2.75, 3.05) is 0 Å². The molecule has 0 aromatic heterocycles. The topological polar surface area (TPSA) is 0 Å². The van der Waals surface area contributed by atoms with Crippen LogP contribution in [0.15, 0.2) is 40.3 Å². The van der Waals surface area contributed by atoms with E-state index in [9.17, 15) is 0 Å². The Balaban J connectivity index is 2.01. The summed E-state index contributed by atoms with van der Waals surface area (Å²) in [5, 5.41) is 2.86. The summed E-state index contributed by atoms with van der Waals surface area (Å²) >= 11 is 5.65. The van der Waals surface area contributed by atoms with Crippen molar-refractivity contribution in [3.05, 3.63) is 57.0 Å². The molecule has 2 aliphatic carbocycles. The van der Waals surface area contributed by atoms with Gasteiger partial charge in [-0.15, -0.1) is 11.8 Å². The van der Waals surface area contributed by atoms with Crippen LogP contribution in [0.2, 0.25) is 0 Å². The standard InChI is InChI=1S/C21H21BrS/c1-12-9-15-13(2)16-11-19(22)23-18(16)10-17(15)20(12)21(3,4)14-7-5-6-8-14/h5-7,9-11,19H,8H2,1-4H3. The summed E-state index contributed by atoms with van der Waals surface area (Å²) in [5.74, 6) is 0. The molecular weight excluding hydrogens is 364 g/mol. The highest BCUT2D eigenvalue weighted by Gasteiger charge is 2.33. The zero-order valence-corrected chi connectivity index (χ0v) is 16.4. The molecule has 0 N–H and O–H groups in total. The molecule has 1 unspecified atom stereocenters. The van der Waals surface area contributed by atoms with Crippen LogP contribution in [-0.2, 0) is 0 Å². The maximum Gasteiger partial charge on any atom is 0.0836 e. The summed E-state index contributed by atoms with van der Waals surface area (Å²) in [4.78, 5) is 1.41. The number of thioether (sulfide) groups is 1. The molecular formula is C21H21BrS. The van der Waals surface area contributed by atoms with Crippen molar-refractivity contribution in [1.29, 1.82) is 0 Å². The van der Waals surface area contributed by atoms with Crippen LogP contribution >= 0.6 is 27.7 Å². The normalized spacial score (nSPS) is 22.0. The molecule has 0 bridgehead atoms. The van der Waals surface area contributed by atoms with E-state index < -0.39 is 0 Å². The minimum absolute atomic E-state index is 0.0802. The molecule has 0 saturated heterocycles. The largest absolute Gasteiger partial charge is 0.106 e. The highest BCUT2D eigenvalue weighted by atomic mass is 79.9. The molecule has 0 nitrogen and oxygen atoms in total. The first-order valence-electron chi connectivity index (χ1n) is 8.15. The van der Waals surface area contributed by atoms with E-state index in [1.165, 1.54) is 43.2 Å². The Bertz CT molecular complexity index is 926. The van der Waals surface area contributed by atoms with Crippen LogP contribution in [-0.4, -0.2) is 4.16 Å². The summed E-state index contributed by atoms with van der Waals surface area (Å²) in [6, 6.07) is 2.42. The van der Waals surface area contributed by atoms with Crippen molar-refractivity contribution in [1.82, 2.24) is 0 Å². The maximum atomic E-state index is 3.73. The van der Waals surface area contributed by atoms with Gasteiger partial charge in [0.15, 0.2) is 0 Å². The molecule has 4 rings (SSSR count). The van der Waals surface area contributed by atoms with Gasteiger partial charge in [0.25, 0.3) is 0 Å². The fraction of sp³-hybridized carbons (Fsp3) is 0.333. The summed E-state index contributed by atoms with van der Waals surface area (Å²) in [5.41, 5.74) is 7.38. The maximum absolute atomic E-state index is 3.73. The van der Waals surface area contributed by atoms with E-state index in [2.05, 4.69) is 80.1 Å². The monoisotopic (exact) mass is 384 g/mol. The van der Waals surface area contributed by atoms with Crippen LogP contribution in [0.3, 0.4) is 0 Å². The second-order valence-electron chi connectivity index (χ2n) is 7.16. The second-order valence-corrected chi connectivity index (χ2v) is 9.94. The van der Waals surface area contributed by atoms with Gasteiger partial charge in [-0.3, -0.25) is 0 Å². The average molecular weight is 385 g/mol. The lowest BCUT2D eigenvalue weighted by molar-refractivity contribution is 0.589. The van der Waals surface area contributed by atoms with Crippen LogP contribution in [0.25, 0.3) is 17.7 Å². The number of halogens is 1. The van der Waals surface area contributed by atoms with E-state index in [4.69, 9.17) is 0 Å². The van der Waals surface area contributed by atoms with E-state index >= 15 is 0 Å². The molecule has 0 radical (unpaired) electrons. The van der Waals surface area contributed by atoms with Gasteiger partial charge in [-0.1, -0.05) is 65.7 Å². The van der Waals surface area contributed by atoms with Gasteiger partial charge in [0.1, 0.15) is 0 Å². The molecule has 0 fully saturated rings. The molecule has 1 atom stereocenters. The average Bonchev–Trinajstić information content (AvgIpc) is 3.17. The van der Waals surface area contributed by atoms with Crippen molar-refractivity contribution >= 4 is 45.4 Å². The molecule has 118 valence electrons. The van der Waals surface area contributed by atoms with Crippen LogP contribution in [0, 0.1) is 12.3 Å². The minimum atomic E-state index is 0.0802. The van der Waals surface area contributed by atoms with Gasteiger partial charge in [-0.05, 0) is 59.0 Å². The van der Waals surface area contributed by atoms with Crippen molar-refractivity contribution in [2.45, 2.75) is 43.2 Å². The Morgan fingerprint density at radius 3 is 2.74 bits per heavy atom. The smallest absolute Gasteiger partial charge is 0.0836 e. The Morgan fingerprint density at radius 1 is 1.26 bits per heavy atom. The number of fused-ring (bicyclic) bond motifs is 2. The third kappa shape index (κ3) is 2.26. The molecule has 1 heterocycles.